The van der Waals surface area contributed by atoms with E-state index in [0.717, 1.165) is 16.5 Å². The van der Waals surface area contributed by atoms with E-state index in [4.69, 9.17) is 0 Å². The lowest BCUT2D eigenvalue weighted by atomic mass is 10.0. The van der Waals surface area contributed by atoms with Gasteiger partial charge in [0.25, 0.3) is 5.91 Å². The van der Waals surface area contributed by atoms with Gasteiger partial charge in [-0.05, 0) is 29.8 Å². The summed E-state index contributed by atoms with van der Waals surface area (Å²) in [4.78, 5) is 29.2. The molecule has 2 aromatic carbocycles. The summed E-state index contributed by atoms with van der Waals surface area (Å²) in [5, 5.41) is 10.7. The van der Waals surface area contributed by atoms with Crippen molar-refractivity contribution in [2.24, 2.45) is 0 Å². The Bertz CT molecular complexity index is 1040. The van der Waals surface area contributed by atoms with Gasteiger partial charge in [0, 0.05) is 22.7 Å². The quantitative estimate of drug-likeness (QED) is 0.750. The molecule has 2 heterocycles. The number of fused-ring (bicyclic) bond motifs is 2. The first-order valence-corrected chi connectivity index (χ1v) is 7.75. The third-order valence-corrected chi connectivity index (χ3v) is 4.27. The van der Waals surface area contributed by atoms with Crippen LogP contribution in [0.3, 0.4) is 0 Å². The molecule has 3 aromatic rings. The summed E-state index contributed by atoms with van der Waals surface area (Å²) >= 11 is 0. The van der Waals surface area contributed by atoms with Crippen molar-refractivity contribution in [2.75, 3.05) is 11.4 Å². The van der Waals surface area contributed by atoms with Gasteiger partial charge in [0.15, 0.2) is 0 Å². The second-order valence-corrected chi connectivity index (χ2v) is 5.68. The maximum Gasteiger partial charge on any atom is 0.259 e. The van der Waals surface area contributed by atoms with Crippen LogP contribution in [0.4, 0.5) is 5.69 Å². The smallest absolute Gasteiger partial charge is 0.259 e. The van der Waals surface area contributed by atoms with Crippen LogP contribution in [0.15, 0.2) is 54.7 Å². The predicted molar refractivity (Wildman–Crippen MR) is 95.8 cm³/mol. The first-order valence-electron chi connectivity index (χ1n) is 7.75. The summed E-state index contributed by atoms with van der Waals surface area (Å²) in [6, 6.07) is 14.3. The van der Waals surface area contributed by atoms with Crippen molar-refractivity contribution >= 4 is 40.4 Å². The maximum atomic E-state index is 12.8. The van der Waals surface area contributed by atoms with E-state index in [9.17, 15) is 14.7 Å². The topological polar surface area (TPSA) is 70.5 Å². The molecule has 0 saturated carbocycles. The monoisotopic (exact) mass is 329 g/mol. The number of nitrogens with zero attached hydrogens (tertiary/aromatic N) is 2. The Balaban J connectivity index is 1.92. The summed E-state index contributed by atoms with van der Waals surface area (Å²) in [6.07, 6.45) is 5.17. The van der Waals surface area contributed by atoms with Crippen LogP contribution < -0.4 is 4.90 Å². The third-order valence-electron chi connectivity index (χ3n) is 4.27. The number of phenolic OH excluding ortho intramolecular Hbond substituents is 1. The average Bonchev–Trinajstić information content (AvgIpc) is 2.90. The van der Waals surface area contributed by atoms with Crippen LogP contribution in [0.25, 0.3) is 22.6 Å². The summed E-state index contributed by atoms with van der Waals surface area (Å²) in [5.74, 6) is -0.150. The highest BCUT2D eigenvalue weighted by Gasteiger charge is 2.31. The fraction of sp³-hybridized carbons (Fsp3) is 0.0500. The molecule has 0 unspecified atom stereocenters. The molecule has 0 fully saturated rings. The van der Waals surface area contributed by atoms with Gasteiger partial charge in [0.05, 0.1) is 12.2 Å². The van der Waals surface area contributed by atoms with Crippen molar-refractivity contribution in [2.45, 2.75) is 0 Å². The Hall–Kier alpha value is -3.47. The summed E-state index contributed by atoms with van der Waals surface area (Å²) in [6.45, 7) is -0.106. The zero-order valence-electron chi connectivity index (χ0n) is 13.1. The molecule has 1 aliphatic rings. The van der Waals surface area contributed by atoms with Crippen molar-refractivity contribution in [3.63, 3.8) is 0 Å². The zero-order chi connectivity index (χ0) is 17.4. The van der Waals surface area contributed by atoms with Crippen LogP contribution in [-0.4, -0.2) is 28.8 Å². The van der Waals surface area contributed by atoms with E-state index >= 15 is 0 Å². The van der Waals surface area contributed by atoms with Crippen LogP contribution >= 0.6 is 0 Å². The second kappa shape index (κ2) is 5.87. The third kappa shape index (κ3) is 2.37. The number of hydrogen-bond donors (Lipinski definition) is 1. The van der Waals surface area contributed by atoms with E-state index in [2.05, 4.69) is 4.98 Å². The number of hydrogen-bond acceptors (Lipinski definition) is 4. The van der Waals surface area contributed by atoms with Crippen molar-refractivity contribution < 1.29 is 14.7 Å². The van der Waals surface area contributed by atoms with Crippen LogP contribution in [0, 0.1) is 0 Å². The summed E-state index contributed by atoms with van der Waals surface area (Å²) in [5.41, 5.74) is 3.22. The molecule has 1 aliphatic heterocycles. The lowest BCUT2D eigenvalue weighted by Gasteiger charge is -2.12. The Morgan fingerprint density at radius 2 is 1.96 bits per heavy atom. The molecule has 5 nitrogen and oxygen atoms in total. The number of pyridine rings is 1. The number of benzene rings is 2. The molecule has 1 amide bonds. The fourth-order valence-corrected chi connectivity index (χ4v) is 3.13. The normalized spacial score (nSPS) is 15.0. The molecule has 1 aromatic heterocycles. The number of phenols is 1. The molecule has 0 spiro atoms. The lowest BCUT2D eigenvalue weighted by Crippen LogP contribution is -2.28. The number of rotatable bonds is 3. The molecule has 25 heavy (non-hydrogen) atoms. The highest BCUT2D eigenvalue weighted by atomic mass is 16.3. The zero-order valence-corrected chi connectivity index (χ0v) is 13.1. The number of anilines is 1. The molecular formula is C20H13N2O3. The van der Waals surface area contributed by atoms with E-state index in [1.165, 1.54) is 4.90 Å². The molecule has 0 atom stereocenters. The van der Waals surface area contributed by atoms with Crippen molar-refractivity contribution in [1.82, 2.24) is 4.98 Å². The minimum atomic E-state index is -0.241. The van der Waals surface area contributed by atoms with Gasteiger partial charge in [-0.1, -0.05) is 30.3 Å². The SMILES string of the molecule is O=[C]CN1C(=O)C(=Cc2ccc(O)c3ncccc23)c2ccccc21. The van der Waals surface area contributed by atoms with Crippen molar-refractivity contribution in [1.29, 1.82) is 0 Å². The molecule has 1 radical (unpaired) electrons. The molecule has 1 N–H and O–H groups in total. The first-order chi connectivity index (χ1) is 12.2. The van der Waals surface area contributed by atoms with Gasteiger partial charge in [-0.25, -0.2) is 0 Å². The number of carbonyl (C=O) groups is 1. The Labute approximate surface area is 143 Å². The first kappa shape index (κ1) is 15.1. The minimum absolute atomic E-state index is 0.0908. The molecule has 0 aliphatic carbocycles. The average molecular weight is 329 g/mol. The largest absolute Gasteiger partial charge is 0.506 e. The van der Waals surface area contributed by atoms with E-state index in [0.29, 0.717) is 16.8 Å². The highest BCUT2D eigenvalue weighted by molar-refractivity contribution is 6.36. The molecule has 5 heteroatoms. The summed E-state index contributed by atoms with van der Waals surface area (Å²) in [7, 11) is 0. The Kier molecular flexibility index (Phi) is 3.54. The van der Waals surface area contributed by atoms with Gasteiger partial charge < -0.3 is 5.11 Å². The molecule has 0 saturated heterocycles. The molecule has 4 rings (SSSR count). The Morgan fingerprint density at radius 1 is 1.12 bits per heavy atom. The molecule has 0 bridgehead atoms. The van der Waals surface area contributed by atoms with Crippen LogP contribution in [0.1, 0.15) is 11.1 Å². The number of aromatic hydroxyl groups is 1. The van der Waals surface area contributed by atoms with Crippen molar-refractivity contribution in [3.05, 3.63) is 65.9 Å². The Morgan fingerprint density at radius 3 is 2.80 bits per heavy atom. The molecular weight excluding hydrogens is 316 g/mol. The number of aromatic nitrogens is 1. The van der Waals surface area contributed by atoms with Gasteiger partial charge in [-0.15, -0.1) is 0 Å². The van der Waals surface area contributed by atoms with Gasteiger partial charge in [0.2, 0.25) is 6.29 Å². The maximum absolute atomic E-state index is 12.8. The minimum Gasteiger partial charge on any atom is -0.506 e. The van der Waals surface area contributed by atoms with E-state index < -0.39 is 0 Å². The van der Waals surface area contributed by atoms with E-state index in [1.807, 2.05) is 30.3 Å². The lowest BCUT2D eigenvalue weighted by molar-refractivity contribution is -0.112. The van der Waals surface area contributed by atoms with Gasteiger partial charge >= 0.3 is 0 Å². The summed E-state index contributed by atoms with van der Waals surface area (Å²) < 4.78 is 0. The van der Waals surface area contributed by atoms with Crippen molar-refractivity contribution in [3.8, 4) is 5.75 Å². The van der Waals surface area contributed by atoms with Gasteiger partial charge in [-0.3, -0.25) is 19.5 Å². The second-order valence-electron chi connectivity index (χ2n) is 5.68. The fourth-order valence-electron chi connectivity index (χ4n) is 3.13. The number of carbonyl (C=O) groups excluding carboxylic acids is 2. The molecule has 121 valence electrons. The number of amides is 1. The number of para-hydroxylation sites is 1. The van der Waals surface area contributed by atoms with Crippen LogP contribution in [0.2, 0.25) is 0 Å². The van der Waals surface area contributed by atoms with Crippen LogP contribution in [0.5, 0.6) is 5.75 Å². The van der Waals surface area contributed by atoms with E-state index in [-0.39, 0.29) is 18.2 Å². The van der Waals surface area contributed by atoms with Gasteiger partial charge in [-0.2, -0.15) is 0 Å². The highest BCUT2D eigenvalue weighted by Crippen LogP contribution is 2.38. The van der Waals surface area contributed by atoms with E-state index in [1.54, 1.807) is 36.8 Å². The van der Waals surface area contributed by atoms with Gasteiger partial charge in [0.1, 0.15) is 11.3 Å². The standard InChI is InChI=1S/C20H13N2O3/c23-11-10-22-17-6-2-1-4-15(17)16(20(22)25)12-13-7-8-18(24)19-14(13)5-3-9-21-19/h1-9,12,24H,10H2. The predicted octanol–water partition coefficient (Wildman–Crippen LogP) is 2.94. The van der Waals surface area contributed by atoms with Crippen LogP contribution in [-0.2, 0) is 9.59 Å².